The highest BCUT2D eigenvalue weighted by Gasteiger charge is 2.13. The molecular weight excluding hydrogens is 220 g/mol. The van der Waals surface area contributed by atoms with Gasteiger partial charge in [0, 0.05) is 30.7 Å². The van der Waals surface area contributed by atoms with E-state index < -0.39 is 0 Å². The molecule has 0 spiro atoms. The first-order valence-corrected chi connectivity index (χ1v) is 5.86. The van der Waals surface area contributed by atoms with Gasteiger partial charge in [0.25, 0.3) is 0 Å². The van der Waals surface area contributed by atoms with Gasteiger partial charge in [-0.3, -0.25) is 4.79 Å². The molecule has 2 aromatic rings. The number of ketones is 1. The second-order valence-corrected chi connectivity index (χ2v) is 4.86. The number of hydrogen-bond donors (Lipinski definition) is 0. The molecule has 0 unspecified atom stereocenters. The molecule has 0 amide bonds. The Hall–Kier alpha value is -1.42. The van der Waals surface area contributed by atoms with Gasteiger partial charge >= 0.3 is 0 Å². The van der Waals surface area contributed by atoms with Crippen LogP contribution in [0.1, 0.15) is 23.0 Å². The Morgan fingerprint density at radius 3 is 2.62 bits per heavy atom. The van der Waals surface area contributed by atoms with Gasteiger partial charge < -0.3 is 4.90 Å². The van der Waals surface area contributed by atoms with Crippen LogP contribution in [0.25, 0.3) is 10.1 Å². The van der Waals surface area contributed by atoms with Gasteiger partial charge in [-0.2, -0.15) is 4.37 Å². The second-order valence-electron chi connectivity index (χ2n) is 4.09. The van der Waals surface area contributed by atoms with E-state index in [4.69, 9.17) is 0 Å². The van der Waals surface area contributed by atoms with Crippen LogP contribution in [-0.4, -0.2) is 24.3 Å². The van der Waals surface area contributed by atoms with Crippen molar-refractivity contribution in [1.82, 2.24) is 4.37 Å². The van der Waals surface area contributed by atoms with Gasteiger partial charge in [-0.05, 0) is 37.5 Å². The fourth-order valence-electron chi connectivity index (χ4n) is 1.66. The number of benzene rings is 1. The summed E-state index contributed by atoms with van der Waals surface area (Å²) in [6.45, 7) is 3.57. The minimum atomic E-state index is 0.0948. The van der Waals surface area contributed by atoms with E-state index in [2.05, 4.69) is 10.4 Å². The molecule has 16 heavy (non-hydrogen) atoms. The highest BCUT2D eigenvalue weighted by Crippen LogP contribution is 2.30. The Kier molecular flexibility index (Phi) is 2.68. The van der Waals surface area contributed by atoms with Crippen LogP contribution in [0, 0.1) is 6.92 Å². The van der Waals surface area contributed by atoms with Crippen molar-refractivity contribution in [2.24, 2.45) is 0 Å². The number of aryl methyl sites for hydroxylation is 1. The minimum absolute atomic E-state index is 0.0948. The molecule has 0 fully saturated rings. The Morgan fingerprint density at radius 1 is 1.38 bits per heavy atom. The second kappa shape index (κ2) is 3.87. The lowest BCUT2D eigenvalue weighted by atomic mass is 10.1. The summed E-state index contributed by atoms with van der Waals surface area (Å²) in [5.74, 6) is 0.0948. The highest BCUT2D eigenvalue weighted by atomic mass is 32.1. The molecule has 0 atom stereocenters. The highest BCUT2D eigenvalue weighted by molar-refractivity contribution is 7.13. The molecule has 2 rings (SSSR count). The summed E-state index contributed by atoms with van der Waals surface area (Å²) >= 11 is 1.40. The fourth-order valence-corrected chi connectivity index (χ4v) is 2.60. The van der Waals surface area contributed by atoms with Crippen molar-refractivity contribution in [3.63, 3.8) is 0 Å². The number of nitrogens with zero attached hydrogens (tertiary/aromatic N) is 2. The molecule has 0 aliphatic heterocycles. The normalized spacial score (nSPS) is 10.8. The van der Waals surface area contributed by atoms with Crippen LogP contribution in [0.5, 0.6) is 0 Å². The predicted molar refractivity (Wildman–Crippen MR) is 68.7 cm³/mol. The SMILES string of the molecule is CC(=O)c1cc(N(C)C)cc2c(C)nsc12. The number of anilines is 1. The summed E-state index contributed by atoms with van der Waals surface area (Å²) in [6, 6.07) is 4.02. The third-order valence-corrected chi connectivity index (χ3v) is 3.62. The van der Waals surface area contributed by atoms with Crippen LogP contribution in [0.4, 0.5) is 5.69 Å². The molecular formula is C12H14N2OS. The third kappa shape index (κ3) is 1.69. The average Bonchev–Trinajstić information content (AvgIpc) is 2.59. The molecule has 0 aliphatic carbocycles. The topological polar surface area (TPSA) is 33.2 Å². The Balaban J connectivity index is 2.81. The molecule has 3 nitrogen and oxygen atoms in total. The van der Waals surface area contributed by atoms with Gasteiger partial charge in [0.05, 0.1) is 10.4 Å². The van der Waals surface area contributed by atoms with Gasteiger partial charge in [0.1, 0.15) is 0 Å². The van der Waals surface area contributed by atoms with Crippen molar-refractivity contribution < 1.29 is 4.79 Å². The number of aromatic nitrogens is 1. The van der Waals surface area contributed by atoms with E-state index in [0.29, 0.717) is 0 Å². The van der Waals surface area contributed by atoms with Crippen LogP contribution in [-0.2, 0) is 0 Å². The zero-order chi connectivity index (χ0) is 11.9. The van der Waals surface area contributed by atoms with Crippen LogP contribution in [0.3, 0.4) is 0 Å². The number of rotatable bonds is 2. The Bertz CT molecular complexity index is 557. The van der Waals surface area contributed by atoms with E-state index in [1.54, 1.807) is 6.92 Å². The molecule has 4 heteroatoms. The molecule has 0 saturated carbocycles. The lowest BCUT2D eigenvalue weighted by Crippen LogP contribution is -2.09. The molecule has 84 valence electrons. The lowest BCUT2D eigenvalue weighted by Gasteiger charge is -2.13. The zero-order valence-corrected chi connectivity index (χ0v) is 10.7. The maximum absolute atomic E-state index is 11.6. The van der Waals surface area contributed by atoms with Crippen LogP contribution < -0.4 is 4.90 Å². The summed E-state index contributed by atoms with van der Waals surface area (Å²) in [6.07, 6.45) is 0. The first-order chi connectivity index (χ1) is 7.50. The molecule has 0 saturated heterocycles. The first-order valence-electron chi connectivity index (χ1n) is 5.09. The first kappa shape index (κ1) is 11.1. The van der Waals surface area contributed by atoms with E-state index in [1.165, 1.54) is 11.5 Å². The monoisotopic (exact) mass is 234 g/mol. The predicted octanol–water partition coefficient (Wildman–Crippen LogP) is 2.87. The van der Waals surface area contributed by atoms with Gasteiger partial charge in [-0.25, -0.2) is 0 Å². The van der Waals surface area contributed by atoms with Crippen molar-refractivity contribution in [3.05, 3.63) is 23.4 Å². The number of fused-ring (bicyclic) bond motifs is 1. The molecule has 0 N–H and O–H groups in total. The van der Waals surface area contributed by atoms with E-state index in [9.17, 15) is 4.79 Å². The number of carbonyl (C=O) groups excluding carboxylic acids is 1. The fraction of sp³-hybridized carbons (Fsp3) is 0.333. The van der Waals surface area contributed by atoms with Gasteiger partial charge in [-0.1, -0.05) is 0 Å². The van der Waals surface area contributed by atoms with Crippen LogP contribution >= 0.6 is 11.5 Å². The lowest BCUT2D eigenvalue weighted by molar-refractivity contribution is 0.101. The molecule has 1 aromatic heterocycles. The summed E-state index contributed by atoms with van der Waals surface area (Å²) in [4.78, 5) is 13.6. The summed E-state index contributed by atoms with van der Waals surface area (Å²) in [5.41, 5.74) is 2.80. The summed E-state index contributed by atoms with van der Waals surface area (Å²) in [5, 5.41) is 1.08. The summed E-state index contributed by atoms with van der Waals surface area (Å²) < 4.78 is 5.31. The molecule has 1 heterocycles. The van der Waals surface area contributed by atoms with Crippen molar-refractivity contribution in [1.29, 1.82) is 0 Å². The molecule has 1 aromatic carbocycles. The van der Waals surface area contributed by atoms with E-state index in [-0.39, 0.29) is 5.78 Å². The van der Waals surface area contributed by atoms with E-state index in [0.717, 1.165) is 27.0 Å². The maximum atomic E-state index is 11.6. The van der Waals surface area contributed by atoms with Crippen molar-refractivity contribution in [2.75, 3.05) is 19.0 Å². The molecule has 0 bridgehead atoms. The summed E-state index contributed by atoms with van der Waals surface area (Å²) in [7, 11) is 3.94. The quantitative estimate of drug-likeness (QED) is 0.749. The largest absolute Gasteiger partial charge is 0.378 e. The van der Waals surface area contributed by atoms with Gasteiger partial charge in [0.2, 0.25) is 0 Å². The third-order valence-electron chi connectivity index (χ3n) is 2.63. The number of hydrogen-bond acceptors (Lipinski definition) is 4. The van der Waals surface area contributed by atoms with Crippen molar-refractivity contribution in [2.45, 2.75) is 13.8 Å². The Labute approximate surface area is 98.9 Å². The van der Waals surface area contributed by atoms with Gasteiger partial charge in [0.15, 0.2) is 5.78 Å². The van der Waals surface area contributed by atoms with E-state index >= 15 is 0 Å². The van der Waals surface area contributed by atoms with Crippen LogP contribution in [0.15, 0.2) is 12.1 Å². The zero-order valence-electron chi connectivity index (χ0n) is 9.87. The smallest absolute Gasteiger partial charge is 0.161 e. The average molecular weight is 234 g/mol. The van der Waals surface area contributed by atoms with E-state index in [1.807, 2.05) is 32.0 Å². The number of Topliss-reactive ketones (excluding diaryl/α,β-unsaturated/α-hetero) is 1. The molecule has 0 aliphatic rings. The van der Waals surface area contributed by atoms with Crippen molar-refractivity contribution >= 4 is 33.1 Å². The van der Waals surface area contributed by atoms with Crippen LogP contribution in [0.2, 0.25) is 0 Å². The number of carbonyl (C=O) groups is 1. The Morgan fingerprint density at radius 2 is 2.06 bits per heavy atom. The maximum Gasteiger partial charge on any atom is 0.161 e. The standard InChI is InChI=1S/C12H14N2OS/c1-7-10-5-9(14(3)4)6-11(8(2)15)12(10)16-13-7/h5-6H,1-4H3. The molecule has 0 radical (unpaired) electrons. The van der Waals surface area contributed by atoms with Crippen molar-refractivity contribution in [3.8, 4) is 0 Å². The van der Waals surface area contributed by atoms with Gasteiger partial charge in [-0.15, -0.1) is 0 Å². The minimum Gasteiger partial charge on any atom is -0.378 e.